The topological polar surface area (TPSA) is 37.3 Å². The number of aliphatic hydroxyl groups excluding tert-OH is 1. The lowest BCUT2D eigenvalue weighted by molar-refractivity contribution is -0.107. The fraction of sp³-hybridized carbons (Fsp3) is 0.278. The first kappa shape index (κ1) is 16.1. The third-order valence-electron chi connectivity index (χ3n) is 2.86. The van der Waals surface area contributed by atoms with E-state index in [1.807, 2.05) is 48.5 Å². The first-order valence-corrected chi connectivity index (χ1v) is 6.99. The van der Waals surface area contributed by atoms with Gasteiger partial charge in [-0.3, -0.25) is 0 Å². The highest BCUT2D eigenvalue weighted by Crippen LogP contribution is 2.01. The summed E-state index contributed by atoms with van der Waals surface area (Å²) in [5, 5.41) is 8.53. The molecule has 0 aliphatic heterocycles. The second-order valence-corrected chi connectivity index (χ2v) is 4.50. The third-order valence-corrected chi connectivity index (χ3v) is 2.86. The first-order chi connectivity index (χ1) is 9.86. The number of aryl methyl sites for hydroxylation is 2. The summed E-state index contributed by atoms with van der Waals surface area (Å²) in [6.45, 7) is 0.287. The Morgan fingerprint density at radius 3 is 1.75 bits per heavy atom. The van der Waals surface area contributed by atoms with E-state index in [2.05, 4.69) is 12.1 Å². The molecule has 2 nitrogen and oxygen atoms in total. The first-order valence-electron chi connectivity index (χ1n) is 6.99. The lowest BCUT2D eigenvalue weighted by Crippen LogP contribution is -1.87. The van der Waals surface area contributed by atoms with Crippen molar-refractivity contribution in [1.82, 2.24) is 0 Å². The largest absolute Gasteiger partial charge is 0.396 e. The molecule has 0 unspecified atom stereocenters. The van der Waals surface area contributed by atoms with Crippen molar-refractivity contribution in [3.05, 3.63) is 71.8 Å². The minimum Gasteiger partial charge on any atom is -0.396 e. The highest BCUT2D eigenvalue weighted by atomic mass is 16.2. The van der Waals surface area contributed by atoms with E-state index in [4.69, 9.17) is 5.11 Å². The Bertz CT molecular complexity index is 451. The van der Waals surface area contributed by atoms with E-state index in [0.29, 0.717) is 6.42 Å². The summed E-state index contributed by atoms with van der Waals surface area (Å²) in [6, 6.07) is 20.2. The molecular formula is C18H22O2. The summed E-state index contributed by atoms with van der Waals surface area (Å²) in [5.41, 5.74) is 2.53. The van der Waals surface area contributed by atoms with Gasteiger partial charge in [-0.15, -0.1) is 0 Å². The van der Waals surface area contributed by atoms with E-state index in [0.717, 1.165) is 25.5 Å². The van der Waals surface area contributed by atoms with Crippen LogP contribution in [-0.4, -0.2) is 18.0 Å². The standard InChI is InChI=1S/C9H12O.C9H10O/c2*10-8-4-7-9-5-2-1-3-6-9/h1-3,5-6,10H,4,7-8H2;1-3,5-6,8H,4,7H2. The fourth-order valence-electron chi connectivity index (χ4n) is 1.80. The molecule has 0 aliphatic carbocycles. The molecule has 2 aromatic rings. The van der Waals surface area contributed by atoms with Crippen molar-refractivity contribution in [2.45, 2.75) is 25.7 Å². The molecule has 0 fully saturated rings. The number of hydrogen-bond donors (Lipinski definition) is 1. The van der Waals surface area contributed by atoms with Crippen LogP contribution < -0.4 is 0 Å². The van der Waals surface area contributed by atoms with Crippen LogP contribution in [0.4, 0.5) is 0 Å². The lowest BCUT2D eigenvalue weighted by atomic mass is 10.1. The maximum atomic E-state index is 9.98. The van der Waals surface area contributed by atoms with Gasteiger partial charge in [0.1, 0.15) is 6.29 Å². The molecule has 0 bridgehead atoms. The summed E-state index contributed by atoms with van der Waals surface area (Å²) in [6.07, 6.45) is 4.29. The van der Waals surface area contributed by atoms with Crippen molar-refractivity contribution < 1.29 is 9.90 Å². The fourth-order valence-corrected chi connectivity index (χ4v) is 1.80. The lowest BCUT2D eigenvalue weighted by Gasteiger charge is -1.96. The highest BCUT2D eigenvalue weighted by Gasteiger charge is 1.88. The number of rotatable bonds is 6. The van der Waals surface area contributed by atoms with E-state index in [1.165, 1.54) is 11.1 Å². The Kier molecular flexibility index (Phi) is 8.82. The predicted octanol–water partition coefficient (Wildman–Crippen LogP) is 3.43. The van der Waals surface area contributed by atoms with E-state index in [-0.39, 0.29) is 6.61 Å². The quantitative estimate of drug-likeness (QED) is 0.817. The molecule has 2 rings (SSSR count). The number of aliphatic hydroxyl groups is 1. The molecule has 106 valence electrons. The van der Waals surface area contributed by atoms with Gasteiger partial charge in [0.25, 0.3) is 0 Å². The van der Waals surface area contributed by atoms with E-state index in [1.54, 1.807) is 0 Å². The van der Waals surface area contributed by atoms with Crippen molar-refractivity contribution in [1.29, 1.82) is 0 Å². The Labute approximate surface area is 121 Å². The van der Waals surface area contributed by atoms with Crippen LogP contribution in [0.15, 0.2) is 60.7 Å². The smallest absolute Gasteiger partial charge is 0.120 e. The molecular weight excluding hydrogens is 248 g/mol. The van der Waals surface area contributed by atoms with Crippen LogP contribution in [0, 0.1) is 0 Å². The van der Waals surface area contributed by atoms with Gasteiger partial charge in [-0.25, -0.2) is 0 Å². The minimum atomic E-state index is 0.287. The average Bonchev–Trinajstić information content (AvgIpc) is 2.53. The van der Waals surface area contributed by atoms with E-state index < -0.39 is 0 Å². The highest BCUT2D eigenvalue weighted by molar-refractivity contribution is 5.49. The number of aldehydes is 1. The Morgan fingerprint density at radius 1 is 0.800 bits per heavy atom. The van der Waals surface area contributed by atoms with E-state index >= 15 is 0 Å². The van der Waals surface area contributed by atoms with Gasteiger partial charge in [0.2, 0.25) is 0 Å². The molecule has 1 N–H and O–H groups in total. The molecule has 0 aliphatic rings. The second-order valence-electron chi connectivity index (χ2n) is 4.50. The molecule has 0 radical (unpaired) electrons. The molecule has 2 heteroatoms. The van der Waals surface area contributed by atoms with Gasteiger partial charge in [-0.05, 0) is 30.4 Å². The summed E-state index contributed by atoms with van der Waals surface area (Å²) in [4.78, 5) is 9.98. The van der Waals surface area contributed by atoms with Gasteiger partial charge in [-0.1, -0.05) is 60.7 Å². The number of hydrogen-bond acceptors (Lipinski definition) is 2. The van der Waals surface area contributed by atoms with E-state index in [9.17, 15) is 4.79 Å². The van der Waals surface area contributed by atoms with Crippen LogP contribution in [0.5, 0.6) is 0 Å². The molecule has 0 amide bonds. The number of carbonyl (C=O) groups is 1. The van der Waals surface area contributed by atoms with Crippen molar-refractivity contribution in [2.24, 2.45) is 0 Å². The van der Waals surface area contributed by atoms with Crippen LogP contribution in [0.1, 0.15) is 24.0 Å². The van der Waals surface area contributed by atoms with Crippen molar-refractivity contribution in [3.8, 4) is 0 Å². The van der Waals surface area contributed by atoms with Gasteiger partial charge in [0.15, 0.2) is 0 Å². The SMILES string of the molecule is O=CCCc1ccccc1.OCCCc1ccccc1. The van der Waals surface area contributed by atoms with Crippen LogP contribution in [0.2, 0.25) is 0 Å². The number of benzene rings is 2. The molecule has 0 spiro atoms. The summed E-state index contributed by atoms with van der Waals surface area (Å²) >= 11 is 0. The van der Waals surface area contributed by atoms with Gasteiger partial charge in [0.05, 0.1) is 0 Å². The molecule has 20 heavy (non-hydrogen) atoms. The van der Waals surface area contributed by atoms with Crippen LogP contribution in [0.25, 0.3) is 0 Å². The summed E-state index contributed by atoms with van der Waals surface area (Å²) < 4.78 is 0. The summed E-state index contributed by atoms with van der Waals surface area (Å²) in [7, 11) is 0. The molecule has 0 saturated heterocycles. The monoisotopic (exact) mass is 270 g/mol. The van der Waals surface area contributed by atoms with Gasteiger partial charge < -0.3 is 9.90 Å². The zero-order chi connectivity index (χ0) is 14.5. The maximum Gasteiger partial charge on any atom is 0.120 e. The van der Waals surface area contributed by atoms with Gasteiger partial charge in [0, 0.05) is 13.0 Å². The minimum absolute atomic E-state index is 0.287. The number of carbonyl (C=O) groups excluding carboxylic acids is 1. The molecule has 0 saturated carbocycles. The van der Waals surface area contributed by atoms with Crippen LogP contribution in [0.3, 0.4) is 0 Å². The Hall–Kier alpha value is -1.93. The zero-order valence-corrected chi connectivity index (χ0v) is 11.7. The normalized spacial score (nSPS) is 9.45. The maximum absolute atomic E-state index is 9.98. The molecule has 0 aromatic heterocycles. The molecule has 2 aromatic carbocycles. The summed E-state index contributed by atoms with van der Waals surface area (Å²) in [5.74, 6) is 0. The van der Waals surface area contributed by atoms with Crippen LogP contribution in [-0.2, 0) is 17.6 Å². The zero-order valence-electron chi connectivity index (χ0n) is 11.7. The Balaban J connectivity index is 0.000000200. The van der Waals surface area contributed by atoms with Crippen molar-refractivity contribution in [2.75, 3.05) is 6.61 Å². The Morgan fingerprint density at radius 2 is 1.30 bits per heavy atom. The van der Waals surface area contributed by atoms with Crippen molar-refractivity contribution >= 4 is 6.29 Å². The molecule has 0 heterocycles. The average molecular weight is 270 g/mol. The van der Waals surface area contributed by atoms with Gasteiger partial charge >= 0.3 is 0 Å². The molecule has 0 atom stereocenters. The van der Waals surface area contributed by atoms with Gasteiger partial charge in [-0.2, -0.15) is 0 Å². The van der Waals surface area contributed by atoms with Crippen LogP contribution >= 0.6 is 0 Å². The second kappa shape index (κ2) is 10.9. The predicted molar refractivity (Wildman–Crippen MR) is 82.7 cm³/mol. The third kappa shape index (κ3) is 7.49. The van der Waals surface area contributed by atoms with Crippen molar-refractivity contribution in [3.63, 3.8) is 0 Å².